The Hall–Kier alpha value is -2.62. The Bertz CT molecular complexity index is 655. The maximum Gasteiger partial charge on any atom is 0.279 e. The molecule has 4 N–H and O–H groups in total. The van der Waals surface area contributed by atoms with Crippen molar-refractivity contribution in [2.45, 2.75) is 6.92 Å². The predicted molar refractivity (Wildman–Crippen MR) is 83.3 cm³/mol. The number of hydrogen-bond donors (Lipinski definition) is 4. The zero-order valence-corrected chi connectivity index (χ0v) is 13.8. The predicted octanol–water partition coefficient (Wildman–Crippen LogP) is -1.19. The highest BCUT2D eigenvalue weighted by Gasteiger charge is 2.18. The van der Waals surface area contributed by atoms with Crippen LogP contribution in [-0.4, -0.2) is 50.9 Å². The van der Waals surface area contributed by atoms with E-state index in [-0.39, 0.29) is 25.5 Å². The first-order valence-corrected chi connectivity index (χ1v) is 7.52. The van der Waals surface area contributed by atoms with Gasteiger partial charge in [-0.2, -0.15) is 0 Å². The third-order valence-corrected chi connectivity index (χ3v) is 3.05. The number of rotatable bonds is 8. The number of quaternary nitrogens is 1. The van der Waals surface area contributed by atoms with Crippen molar-refractivity contribution in [2.75, 3.05) is 38.5 Å². The number of hydrogen-bond acceptors (Lipinski definition) is 3. The van der Waals surface area contributed by atoms with Crippen LogP contribution < -0.4 is 20.9 Å². The lowest BCUT2D eigenvalue weighted by atomic mass is 10.2. The van der Waals surface area contributed by atoms with Crippen LogP contribution in [0.1, 0.15) is 6.92 Å². The normalized spacial score (nSPS) is 11.6. The van der Waals surface area contributed by atoms with Crippen molar-refractivity contribution >= 4 is 23.4 Å². The monoisotopic (exact) mass is 361 g/mol. The average Bonchev–Trinajstić information content (AvgIpc) is 2.53. The van der Waals surface area contributed by atoms with Gasteiger partial charge in [0.1, 0.15) is 0 Å². The summed E-state index contributed by atoms with van der Waals surface area (Å²) in [5, 5.41) is 7.01. The molecular formula is C15H20F3N4O3+. The third kappa shape index (κ3) is 6.79. The van der Waals surface area contributed by atoms with Crippen molar-refractivity contribution in [3.05, 3.63) is 29.6 Å². The van der Waals surface area contributed by atoms with Crippen molar-refractivity contribution in [1.29, 1.82) is 0 Å². The number of carbonyl (C=O) groups excluding carboxylic acids is 3. The maximum absolute atomic E-state index is 13.5. The van der Waals surface area contributed by atoms with Crippen molar-refractivity contribution in [3.63, 3.8) is 0 Å². The molecule has 1 aromatic rings. The Labute approximate surface area is 142 Å². The van der Waals surface area contributed by atoms with E-state index in [9.17, 15) is 27.6 Å². The molecule has 0 saturated carbocycles. The van der Waals surface area contributed by atoms with Gasteiger partial charge < -0.3 is 20.9 Å². The maximum atomic E-state index is 13.5. The summed E-state index contributed by atoms with van der Waals surface area (Å²) in [5.74, 6) is -5.99. The summed E-state index contributed by atoms with van der Waals surface area (Å²) in [6.45, 7) is 1.69. The second-order valence-electron chi connectivity index (χ2n) is 5.31. The largest absolute Gasteiger partial charge is 0.355 e. The first kappa shape index (κ1) is 20.4. The Morgan fingerprint density at radius 1 is 0.960 bits per heavy atom. The molecule has 0 aliphatic carbocycles. The van der Waals surface area contributed by atoms with Gasteiger partial charge in [-0.1, -0.05) is 0 Å². The molecule has 0 bridgehead atoms. The number of amides is 3. The van der Waals surface area contributed by atoms with E-state index < -0.39 is 35.0 Å². The van der Waals surface area contributed by atoms with Crippen LogP contribution >= 0.6 is 0 Å². The molecular weight excluding hydrogens is 341 g/mol. The van der Waals surface area contributed by atoms with Gasteiger partial charge in [-0.3, -0.25) is 14.4 Å². The highest BCUT2D eigenvalue weighted by molar-refractivity contribution is 5.91. The van der Waals surface area contributed by atoms with E-state index in [0.29, 0.717) is 17.5 Å². The van der Waals surface area contributed by atoms with E-state index in [1.807, 2.05) is 0 Å². The number of nitrogens with one attached hydrogen (secondary N) is 4. The minimum absolute atomic E-state index is 0.104. The van der Waals surface area contributed by atoms with Gasteiger partial charge in [0.25, 0.3) is 11.8 Å². The SMILES string of the molecule is CCNC(=O)CNC(=O)C[NH+](C)CC(=O)Nc1ccc(F)c(F)c1F. The van der Waals surface area contributed by atoms with Crippen LogP contribution in [0.15, 0.2) is 12.1 Å². The molecule has 1 aromatic carbocycles. The lowest BCUT2D eigenvalue weighted by Crippen LogP contribution is -3.11. The summed E-state index contributed by atoms with van der Waals surface area (Å²) in [4.78, 5) is 35.1. The molecule has 0 radical (unpaired) electrons. The zero-order valence-electron chi connectivity index (χ0n) is 13.8. The lowest BCUT2D eigenvalue weighted by Gasteiger charge is -2.14. The summed E-state index contributed by atoms with van der Waals surface area (Å²) >= 11 is 0. The molecule has 0 aliphatic rings. The molecule has 7 nitrogen and oxygen atoms in total. The Kier molecular flexibility index (Phi) is 7.86. The Morgan fingerprint density at radius 2 is 1.60 bits per heavy atom. The highest BCUT2D eigenvalue weighted by Crippen LogP contribution is 2.19. The molecule has 1 atom stereocenters. The van der Waals surface area contributed by atoms with Gasteiger partial charge in [0.05, 0.1) is 19.3 Å². The summed E-state index contributed by atoms with van der Waals surface area (Å²) in [5.41, 5.74) is -0.489. The molecule has 138 valence electrons. The van der Waals surface area contributed by atoms with E-state index in [2.05, 4.69) is 16.0 Å². The van der Waals surface area contributed by atoms with Crippen LogP contribution in [0, 0.1) is 17.5 Å². The number of carbonyl (C=O) groups is 3. The van der Waals surface area contributed by atoms with Crippen molar-refractivity contribution < 1.29 is 32.5 Å². The molecule has 1 rings (SSSR count). The van der Waals surface area contributed by atoms with E-state index in [1.54, 1.807) is 6.92 Å². The number of anilines is 1. The topological polar surface area (TPSA) is 91.7 Å². The average molecular weight is 361 g/mol. The quantitative estimate of drug-likeness (QED) is 0.439. The first-order valence-electron chi connectivity index (χ1n) is 7.52. The van der Waals surface area contributed by atoms with Crippen LogP contribution in [-0.2, 0) is 14.4 Å². The lowest BCUT2D eigenvalue weighted by molar-refractivity contribution is -0.862. The van der Waals surface area contributed by atoms with E-state index in [0.717, 1.165) is 6.07 Å². The zero-order chi connectivity index (χ0) is 19.0. The van der Waals surface area contributed by atoms with Gasteiger partial charge in [-0.25, -0.2) is 13.2 Å². The second kappa shape index (κ2) is 9.62. The fraction of sp³-hybridized carbons (Fsp3) is 0.400. The molecule has 0 aliphatic heterocycles. The van der Waals surface area contributed by atoms with Crippen LogP contribution in [0.3, 0.4) is 0 Å². The van der Waals surface area contributed by atoms with Gasteiger partial charge in [0, 0.05) is 6.54 Å². The molecule has 3 amide bonds. The van der Waals surface area contributed by atoms with Crippen LogP contribution in [0.25, 0.3) is 0 Å². The fourth-order valence-corrected chi connectivity index (χ4v) is 1.93. The minimum atomic E-state index is -1.68. The number of benzene rings is 1. The first-order chi connectivity index (χ1) is 11.7. The molecule has 10 heteroatoms. The smallest absolute Gasteiger partial charge is 0.279 e. The fourth-order valence-electron chi connectivity index (χ4n) is 1.93. The molecule has 25 heavy (non-hydrogen) atoms. The van der Waals surface area contributed by atoms with E-state index >= 15 is 0 Å². The number of likely N-dealkylation sites (N-methyl/N-ethyl adjacent to an activating group) is 2. The van der Waals surface area contributed by atoms with Crippen LogP contribution in [0.5, 0.6) is 0 Å². The highest BCUT2D eigenvalue weighted by atomic mass is 19.2. The summed E-state index contributed by atoms with van der Waals surface area (Å²) in [6, 6.07) is 1.60. The summed E-state index contributed by atoms with van der Waals surface area (Å²) < 4.78 is 39.4. The van der Waals surface area contributed by atoms with Gasteiger partial charge >= 0.3 is 0 Å². The standard InChI is InChI=1S/C15H19F3N4O3/c1-3-19-11(23)6-20-12(24)7-22(2)8-13(25)21-10-5-4-9(16)14(17)15(10)18/h4-5H,3,6-8H2,1-2H3,(H,19,23)(H,20,24)(H,21,25)/p+1. The summed E-state index contributed by atoms with van der Waals surface area (Å²) in [6.07, 6.45) is 0. The van der Waals surface area contributed by atoms with Crippen LogP contribution in [0.2, 0.25) is 0 Å². The van der Waals surface area contributed by atoms with Gasteiger partial charge in [-0.05, 0) is 19.1 Å². The van der Waals surface area contributed by atoms with Crippen molar-refractivity contribution in [2.24, 2.45) is 0 Å². The Morgan fingerprint density at radius 3 is 2.24 bits per heavy atom. The van der Waals surface area contributed by atoms with Gasteiger partial charge in [0.2, 0.25) is 5.91 Å². The molecule has 1 unspecified atom stereocenters. The molecule has 0 spiro atoms. The third-order valence-electron chi connectivity index (χ3n) is 3.05. The van der Waals surface area contributed by atoms with E-state index in [4.69, 9.17) is 0 Å². The van der Waals surface area contributed by atoms with Gasteiger partial charge in [0.15, 0.2) is 30.5 Å². The number of halogens is 3. The summed E-state index contributed by atoms with van der Waals surface area (Å²) in [7, 11) is 1.53. The molecule has 0 fully saturated rings. The molecule has 0 aromatic heterocycles. The second-order valence-corrected chi connectivity index (χ2v) is 5.31. The minimum Gasteiger partial charge on any atom is -0.355 e. The van der Waals surface area contributed by atoms with E-state index in [1.165, 1.54) is 7.05 Å². The van der Waals surface area contributed by atoms with Crippen LogP contribution in [0.4, 0.5) is 18.9 Å². The Balaban J connectivity index is 2.45. The van der Waals surface area contributed by atoms with Crippen molar-refractivity contribution in [1.82, 2.24) is 10.6 Å². The van der Waals surface area contributed by atoms with Crippen molar-refractivity contribution in [3.8, 4) is 0 Å². The molecule has 0 saturated heterocycles. The molecule has 0 heterocycles. The van der Waals surface area contributed by atoms with Gasteiger partial charge in [-0.15, -0.1) is 0 Å².